The van der Waals surface area contributed by atoms with Gasteiger partial charge < -0.3 is 5.32 Å². The highest BCUT2D eigenvalue weighted by molar-refractivity contribution is 7.18. The van der Waals surface area contributed by atoms with E-state index in [2.05, 4.69) is 5.32 Å². The summed E-state index contributed by atoms with van der Waals surface area (Å²) in [5.74, 6) is -0.430. The Morgan fingerprint density at radius 3 is 2.47 bits per heavy atom. The van der Waals surface area contributed by atoms with E-state index in [0.29, 0.717) is 31.6 Å². The van der Waals surface area contributed by atoms with Crippen molar-refractivity contribution in [1.82, 2.24) is 9.13 Å². The van der Waals surface area contributed by atoms with Gasteiger partial charge in [0.1, 0.15) is 11.4 Å². The van der Waals surface area contributed by atoms with E-state index in [4.69, 9.17) is 23.2 Å². The summed E-state index contributed by atoms with van der Waals surface area (Å²) in [7, 11) is 0. The van der Waals surface area contributed by atoms with Crippen LogP contribution in [0.2, 0.25) is 10.0 Å². The topological polar surface area (TPSA) is 73.1 Å². The van der Waals surface area contributed by atoms with E-state index in [1.807, 2.05) is 6.92 Å². The molecule has 6 nitrogen and oxygen atoms in total. The molecule has 2 heterocycles. The summed E-state index contributed by atoms with van der Waals surface area (Å²) in [4.78, 5) is 40.2. The van der Waals surface area contributed by atoms with Crippen LogP contribution < -0.4 is 16.6 Å². The Morgan fingerprint density at radius 2 is 1.77 bits per heavy atom. The van der Waals surface area contributed by atoms with E-state index < -0.39 is 17.2 Å². The lowest BCUT2D eigenvalue weighted by atomic mass is 10.3. The van der Waals surface area contributed by atoms with Gasteiger partial charge in [-0.3, -0.25) is 14.2 Å². The van der Waals surface area contributed by atoms with Gasteiger partial charge in [-0.25, -0.2) is 9.36 Å². The summed E-state index contributed by atoms with van der Waals surface area (Å²) >= 11 is 13.2. The summed E-state index contributed by atoms with van der Waals surface area (Å²) in [6.07, 6.45) is 0. The van der Waals surface area contributed by atoms with Gasteiger partial charge in [-0.05, 0) is 43.3 Å². The zero-order valence-electron chi connectivity index (χ0n) is 15.7. The molecule has 1 N–H and O–H groups in total. The number of amides is 1. The normalized spacial score (nSPS) is 11.0. The minimum Gasteiger partial charge on any atom is -0.324 e. The first kappa shape index (κ1) is 20.4. The second kappa shape index (κ2) is 8.10. The molecule has 0 aliphatic rings. The average Bonchev–Trinajstić information content (AvgIpc) is 3.11. The number of nitrogens with zero attached hydrogens (tertiary/aromatic N) is 2. The Labute approximate surface area is 184 Å². The van der Waals surface area contributed by atoms with E-state index in [-0.39, 0.29) is 6.54 Å². The highest BCUT2D eigenvalue weighted by Crippen LogP contribution is 2.25. The van der Waals surface area contributed by atoms with Crippen molar-refractivity contribution in [3.05, 3.63) is 90.4 Å². The molecule has 0 bridgehead atoms. The maximum atomic E-state index is 13.2. The third kappa shape index (κ3) is 3.79. The second-order valence-corrected chi connectivity index (χ2v) is 8.65. The number of rotatable bonds is 4. The number of carbonyl (C=O) groups excluding carboxylic acids is 1. The molecular weight excluding hydrogens is 445 g/mol. The average molecular weight is 460 g/mol. The van der Waals surface area contributed by atoms with Gasteiger partial charge >= 0.3 is 5.69 Å². The van der Waals surface area contributed by atoms with Crippen LogP contribution in [0.25, 0.3) is 15.9 Å². The number of aryl methyl sites for hydroxylation is 1. The van der Waals surface area contributed by atoms with E-state index in [1.54, 1.807) is 48.5 Å². The monoisotopic (exact) mass is 459 g/mol. The number of thiophene rings is 1. The third-order valence-electron chi connectivity index (χ3n) is 4.46. The zero-order chi connectivity index (χ0) is 21.4. The van der Waals surface area contributed by atoms with Gasteiger partial charge in [-0.2, -0.15) is 0 Å². The van der Waals surface area contributed by atoms with Crippen LogP contribution in [0.15, 0.2) is 64.2 Å². The highest BCUT2D eigenvalue weighted by atomic mass is 35.5. The fourth-order valence-electron chi connectivity index (χ4n) is 3.13. The lowest BCUT2D eigenvalue weighted by molar-refractivity contribution is -0.116. The molecule has 1 amide bonds. The van der Waals surface area contributed by atoms with Gasteiger partial charge in [0.05, 0.1) is 21.1 Å². The predicted octanol–water partition coefficient (Wildman–Crippen LogP) is 4.47. The maximum absolute atomic E-state index is 13.2. The number of nitrogens with one attached hydrogen (secondary N) is 1. The number of para-hydroxylation sites is 1. The Hall–Kier alpha value is -2.87. The fourth-order valence-corrected chi connectivity index (χ4v) is 4.42. The fraction of sp³-hybridized carbons (Fsp3) is 0.0952. The van der Waals surface area contributed by atoms with Crippen LogP contribution in [0, 0.1) is 6.92 Å². The van der Waals surface area contributed by atoms with Crippen LogP contribution >= 0.6 is 34.5 Å². The standard InChI is InChI=1S/C21H15Cl2N3O3S/c1-12-9-15-19(28)26(14-5-3-2-4-6-14)21(29)25(20(15)30-12)11-18(27)24-13-7-8-16(22)17(23)10-13/h2-10H,11H2,1H3,(H,24,27). The highest BCUT2D eigenvalue weighted by Gasteiger charge is 2.18. The van der Waals surface area contributed by atoms with Crippen molar-refractivity contribution >= 4 is 56.3 Å². The molecule has 0 fully saturated rings. The number of halogens is 2. The Kier molecular flexibility index (Phi) is 5.51. The van der Waals surface area contributed by atoms with Crippen molar-refractivity contribution in [2.75, 3.05) is 5.32 Å². The van der Waals surface area contributed by atoms with Gasteiger partial charge in [0.25, 0.3) is 5.56 Å². The summed E-state index contributed by atoms with van der Waals surface area (Å²) in [6.45, 7) is 1.59. The molecule has 152 valence electrons. The summed E-state index contributed by atoms with van der Waals surface area (Å²) in [5.41, 5.74) is -0.0918. The van der Waals surface area contributed by atoms with Crippen molar-refractivity contribution < 1.29 is 4.79 Å². The number of benzene rings is 2. The van der Waals surface area contributed by atoms with Crippen LogP contribution in [0.3, 0.4) is 0 Å². The smallest absolute Gasteiger partial charge is 0.324 e. The van der Waals surface area contributed by atoms with Gasteiger partial charge in [0, 0.05) is 10.6 Å². The number of aromatic nitrogens is 2. The SMILES string of the molecule is Cc1cc2c(=O)n(-c3ccccc3)c(=O)n(CC(=O)Nc3ccc(Cl)c(Cl)c3)c2s1. The molecule has 0 spiro atoms. The quantitative estimate of drug-likeness (QED) is 0.489. The molecule has 4 rings (SSSR count). The van der Waals surface area contributed by atoms with Crippen LogP contribution in [-0.4, -0.2) is 15.0 Å². The number of anilines is 1. The van der Waals surface area contributed by atoms with Gasteiger partial charge in [-0.15, -0.1) is 11.3 Å². The number of hydrogen-bond acceptors (Lipinski definition) is 4. The van der Waals surface area contributed by atoms with Crippen molar-refractivity contribution in [1.29, 1.82) is 0 Å². The lowest BCUT2D eigenvalue weighted by Crippen LogP contribution is -2.40. The molecule has 0 radical (unpaired) electrons. The molecule has 0 unspecified atom stereocenters. The lowest BCUT2D eigenvalue weighted by Gasteiger charge is -2.12. The van der Waals surface area contributed by atoms with E-state index >= 15 is 0 Å². The van der Waals surface area contributed by atoms with Crippen molar-refractivity contribution in [3.63, 3.8) is 0 Å². The number of fused-ring (bicyclic) bond motifs is 1. The van der Waals surface area contributed by atoms with Gasteiger partial charge in [0.2, 0.25) is 5.91 Å². The van der Waals surface area contributed by atoms with Crippen molar-refractivity contribution in [2.24, 2.45) is 0 Å². The minimum absolute atomic E-state index is 0.261. The molecule has 0 atom stereocenters. The molecule has 2 aromatic heterocycles. The second-order valence-electron chi connectivity index (χ2n) is 6.60. The molecule has 2 aromatic carbocycles. The van der Waals surface area contributed by atoms with Gasteiger partial charge in [-0.1, -0.05) is 41.4 Å². The third-order valence-corrected chi connectivity index (χ3v) is 6.27. The summed E-state index contributed by atoms with van der Waals surface area (Å²) in [5, 5.41) is 3.78. The largest absolute Gasteiger partial charge is 0.337 e. The Morgan fingerprint density at radius 1 is 1.03 bits per heavy atom. The molecule has 9 heteroatoms. The van der Waals surface area contributed by atoms with Crippen molar-refractivity contribution in [3.8, 4) is 5.69 Å². The van der Waals surface area contributed by atoms with E-state index in [1.165, 1.54) is 22.0 Å². The predicted molar refractivity (Wildman–Crippen MR) is 122 cm³/mol. The molecule has 0 saturated heterocycles. The van der Waals surface area contributed by atoms with Crippen molar-refractivity contribution in [2.45, 2.75) is 13.5 Å². The molecule has 4 aromatic rings. The maximum Gasteiger partial charge on any atom is 0.337 e. The van der Waals surface area contributed by atoms with Crippen LogP contribution in [0.4, 0.5) is 5.69 Å². The van der Waals surface area contributed by atoms with Crippen LogP contribution in [0.1, 0.15) is 4.88 Å². The zero-order valence-corrected chi connectivity index (χ0v) is 18.0. The first-order valence-corrected chi connectivity index (χ1v) is 10.5. The first-order valence-electron chi connectivity index (χ1n) is 8.91. The minimum atomic E-state index is -0.579. The molecular formula is C21H15Cl2N3O3S. The van der Waals surface area contributed by atoms with Crippen LogP contribution in [-0.2, 0) is 11.3 Å². The molecule has 0 saturated carbocycles. The van der Waals surface area contributed by atoms with Gasteiger partial charge in [0.15, 0.2) is 0 Å². The Balaban J connectivity index is 1.80. The number of hydrogen-bond donors (Lipinski definition) is 1. The molecule has 0 aliphatic heterocycles. The molecule has 0 aliphatic carbocycles. The van der Waals surface area contributed by atoms with Crippen LogP contribution in [0.5, 0.6) is 0 Å². The number of carbonyl (C=O) groups is 1. The summed E-state index contributed by atoms with van der Waals surface area (Å²) < 4.78 is 2.40. The first-order chi connectivity index (χ1) is 14.3. The van der Waals surface area contributed by atoms with E-state index in [9.17, 15) is 14.4 Å². The molecule has 30 heavy (non-hydrogen) atoms. The van der Waals surface area contributed by atoms with E-state index in [0.717, 1.165) is 9.44 Å². The Bertz CT molecular complexity index is 1390. The summed E-state index contributed by atoms with van der Waals surface area (Å²) in [6, 6.07) is 15.1.